The molecule has 0 saturated heterocycles. The fraction of sp³-hybridized carbons (Fsp3) is 0.214. The van der Waals surface area contributed by atoms with E-state index in [-0.39, 0.29) is 39.9 Å². The predicted molar refractivity (Wildman–Crippen MR) is 159 cm³/mol. The van der Waals surface area contributed by atoms with Gasteiger partial charge in [-0.05, 0) is 42.8 Å². The number of azo groups is 1. The first-order chi connectivity index (χ1) is 19.5. The third-order valence-electron chi connectivity index (χ3n) is 4.58. The molecule has 0 aliphatic heterocycles. The molecule has 4 rings (SSSR count). The van der Waals surface area contributed by atoms with Crippen LogP contribution in [0.3, 0.4) is 0 Å². The molecule has 0 bridgehead atoms. The van der Waals surface area contributed by atoms with Gasteiger partial charge in [-0.15, -0.1) is 10.2 Å². The van der Waals surface area contributed by atoms with Crippen molar-refractivity contribution in [3.05, 3.63) is 89.5 Å². The summed E-state index contributed by atoms with van der Waals surface area (Å²) in [6, 6.07) is 21.1. The molecular weight excluding hydrogens is 595 g/mol. The smallest absolute Gasteiger partial charge is 0.231 e. The van der Waals surface area contributed by atoms with Crippen LogP contribution >= 0.6 is 11.6 Å². The van der Waals surface area contributed by atoms with Crippen LogP contribution in [0.5, 0.6) is 11.5 Å². The molecule has 1 heterocycles. The number of nitrogens with zero attached hydrogens (tertiary/aromatic N) is 6. The Hall–Kier alpha value is -4.09. The van der Waals surface area contributed by atoms with E-state index in [1.54, 1.807) is 43.3 Å². The Bertz CT molecular complexity index is 1390. The number of hydrazone groups is 1. The number of phenols is 1. The molecule has 13 heteroatoms. The quantitative estimate of drug-likeness (QED) is 0.0448. The number of anilines is 3. The SMILES string of the molecule is CC.CC.COOc1cc(Nc2nc(C)nc(Cl)n2)ccc1N/N=C(\N=Nc1ccccc1O)c1ccccc1.[Cu]. The molecule has 4 aromatic rings. The van der Waals surface area contributed by atoms with Crippen LogP contribution < -0.4 is 15.6 Å². The molecule has 221 valence electrons. The van der Waals surface area contributed by atoms with Crippen molar-refractivity contribution < 1.29 is 32.0 Å². The molecular formula is C28H33ClCuN8O3. The third kappa shape index (κ3) is 11.1. The van der Waals surface area contributed by atoms with Gasteiger partial charge in [0.2, 0.25) is 17.1 Å². The second-order valence-corrected chi connectivity index (χ2v) is 7.50. The predicted octanol–water partition coefficient (Wildman–Crippen LogP) is 7.83. The van der Waals surface area contributed by atoms with E-state index in [1.165, 1.54) is 13.2 Å². The number of amidine groups is 1. The van der Waals surface area contributed by atoms with Crippen molar-refractivity contribution in [2.24, 2.45) is 15.3 Å². The van der Waals surface area contributed by atoms with Crippen molar-refractivity contribution in [3.8, 4) is 11.5 Å². The van der Waals surface area contributed by atoms with Crippen LogP contribution in [0, 0.1) is 6.92 Å². The van der Waals surface area contributed by atoms with Crippen molar-refractivity contribution in [1.82, 2.24) is 15.0 Å². The van der Waals surface area contributed by atoms with Gasteiger partial charge < -0.3 is 15.3 Å². The van der Waals surface area contributed by atoms with Gasteiger partial charge in [0, 0.05) is 34.4 Å². The molecule has 0 atom stereocenters. The van der Waals surface area contributed by atoms with Crippen molar-refractivity contribution in [3.63, 3.8) is 0 Å². The Morgan fingerprint density at radius 3 is 2.24 bits per heavy atom. The van der Waals surface area contributed by atoms with E-state index in [1.807, 2.05) is 58.0 Å². The van der Waals surface area contributed by atoms with Crippen molar-refractivity contribution in [2.75, 3.05) is 17.9 Å². The summed E-state index contributed by atoms with van der Waals surface area (Å²) < 4.78 is 0. The van der Waals surface area contributed by atoms with Gasteiger partial charge in [0.1, 0.15) is 22.9 Å². The van der Waals surface area contributed by atoms with Gasteiger partial charge in [-0.1, -0.05) is 70.2 Å². The maximum atomic E-state index is 9.99. The number of halogens is 1. The fourth-order valence-corrected chi connectivity index (χ4v) is 3.18. The fourth-order valence-electron chi connectivity index (χ4n) is 2.98. The zero-order valence-electron chi connectivity index (χ0n) is 23.6. The van der Waals surface area contributed by atoms with E-state index in [0.29, 0.717) is 34.2 Å². The van der Waals surface area contributed by atoms with Gasteiger partial charge in [-0.3, -0.25) is 5.43 Å². The zero-order valence-corrected chi connectivity index (χ0v) is 25.3. The van der Waals surface area contributed by atoms with E-state index in [0.717, 1.165) is 0 Å². The number of para-hydroxylation sites is 1. The molecule has 0 aliphatic rings. The molecule has 1 radical (unpaired) electrons. The van der Waals surface area contributed by atoms with Crippen molar-refractivity contribution in [1.29, 1.82) is 0 Å². The van der Waals surface area contributed by atoms with Crippen LogP contribution in [0.1, 0.15) is 39.1 Å². The first kappa shape index (κ1) is 34.9. The van der Waals surface area contributed by atoms with Gasteiger partial charge >= 0.3 is 0 Å². The summed E-state index contributed by atoms with van der Waals surface area (Å²) in [5.41, 5.74) is 5.05. The number of hydrogen-bond donors (Lipinski definition) is 3. The molecule has 3 N–H and O–H groups in total. The van der Waals surface area contributed by atoms with Crippen LogP contribution in [0.2, 0.25) is 5.28 Å². The molecule has 41 heavy (non-hydrogen) atoms. The zero-order chi connectivity index (χ0) is 29.3. The van der Waals surface area contributed by atoms with E-state index < -0.39 is 0 Å². The molecule has 0 saturated carbocycles. The minimum Gasteiger partial charge on any atom is -0.506 e. The van der Waals surface area contributed by atoms with Crippen LogP contribution in [0.25, 0.3) is 0 Å². The first-order valence-corrected chi connectivity index (χ1v) is 13.0. The summed E-state index contributed by atoms with van der Waals surface area (Å²) in [5.74, 6) is 1.37. The minimum atomic E-state index is 0. The summed E-state index contributed by atoms with van der Waals surface area (Å²) in [4.78, 5) is 22.4. The minimum absolute atomic E-state index is 0. The molecule has 0 spiro atoms. The van der Waals surface area contributed by atoms with Crippen LogP contribution in [0.4, 0.5) is 23.0 Å². The maximum absolute atomic E-state index is 9.99. The molecule has 0 amide bonds. The average Bonchev–Trinajstić information content (AvgIpc) is 2.97. The van der Waals surface area contributed by atoms with Gasteiger partial charge in [0.05, 0.1) is 7.11 Å². The average molecular weight is 629 g/mol. The number of aromatic hydroxyl groups is 1. The summed E-state index contributed by atoms with van der Waals surface area (Å²) in [6.07, 6.45) is 0. The summed E-state index contributed by atoms with van der Waals surface area (Å²) in [6.45, 7) is 9.71. The standard InChI is InChI=1S/C24H21ClN8O3.2C2H6.Cu/c1-15-26-23(25)29-24(27-15)28-17-12-13-19(21(14-17)36-35-2)31-33-22(16-8-4-3-5-9-16)32-30-18-10-6-7-11-20(18)34;2*1-2;/h3-14,31,34H,1-2H3,(H,26,27,28,29);2*1-2H3;/b32-30?,33-22-;;;. The van der Waals surface area contributed by atoms with Gasteiger partial charge in [-0.2, -0.15) is 20.0 Å². The van der Waals surface area contributed by atoms with Gasteiger partial charge in [0.15, 0.2) is 5.75 Å². The van der Waals surface area contributed by atoms with Gasteiger partial charge in [0.25, 0.3) is 0 Å². The summed E-state index contributed by atoms with van der Waals surface area (Å²) >= 11 is 5.92. The van der Waals surface area contributed by atoms with E-state index in [2.05, 4.69) is 41.0 Å². The Morgan fingerprint density at radius 2 is 1.59 bits per heavy atom. The monoisotopic (exact) mass is 627 g/mol. The molecule has 0 fully saturated rings. The Balaban J connectivity index is 0.00000161. The number of benzene rings is 3. The number of nitrogens with one attached hydrogen (secondary N) is 2. The molecule has 1 aromatic heterocycles. The van der Waals surface area contributed by atoms with E-state index >= 15 is 0 Å². The van der Waals surface area contributed by atoms with Crippen LogP contribution in [-0.2, 0) is 22.0 Å². The normalized spacial score (nSPS) is 10.4. The molecule has 0 unspecified atom stereocenters. The van der Waals surface area contributed by atoms with E-state index in [4.69, 9.17) is 21.4 Å². The van der Waals surface area contributed by atoms with Crippen LogP contribution in [0.15, 0.2) is 88.1 Å². The molecule has 11 nitrogen and oxygen atoms in total. The number of hydrogen-bond acceptors (Lipinski definition) is 10. The summed E-state index contributed by atoms with van der Waals surface area (Å²) in [5, 5.41) is 25.9. The second kappa shape index (κ2) is 19.1. The number of aryl methyl sites for hydroxylation is 1. The molecule has 0 aliphatic carbocycles. The number of aromatic nitrogens is 3. The number of rotatable bonds is 8. The Kier molecular flexibility index (Phi) is 16.2. The maximum Gasteiger partial charge on any atom is 0.231 e. The second-order valence-electron chi connectivity index (χ2n) is 7.16. The summed E-state index contributed by atoms with van der Waals surface area (Å²) in [7, 11) is 1.39. The van der Waals surface area contributed by atoms with Crippen molar-refractivity contribution in [2.45, 2.75) is 34.6 Å². The van der Waals surface area contributed by atoms with Crippen LogP contribution in [-0.4, -0.2) is 33.0 Å². The number of phenolic OH excluding ortho intramolecular Hbond substituents is 1. The third-order valence-corrected chi connectivity index (χ3v) is 4.75. The Morgan fingerprint density at radius 1 is 0.902 bits per heavy atom. The first-order valence-electron chi connectivity index (χ1n) is 12.6. The van der Waals surface area contributed by atoms with E-state index in [9.17, 15) is 5.11 Å². The van der Waals surface area contributed by atoms with Crippen molar-refractivity contribution >= 4 is 40.4 Å². The molecule has 3 aromatic carbocycles. The van der Waals surface area contributed by atoms with Gasteiger partial charge in [-0.25, -0.2) is 4.98 Å². The Labute approximate surface area is 255 Å². The largest absolute Gasteiger partial charge is 0.506 e. The topological polar surface area (TPSA) is 138 Å².